The summed E-state index contributed by atoms with van der Waals surface area (Å²) in [7, 11) is -3.60. The molecule has 1 aliphatic rings. The zero-order valence-corrected chi connectivity index (χ0v) is 16.9. The molecule has 0 bridgehead atoms. The third-order valence-electron chi connectivity index (χ3n) is 4.93. The van der Waals surface area contributed by atoms with Crippen LogP contribution < -0.4 is 9.64 Å². The van der Waals surface area contributed by atoms with Crippen LogP contribution in [0.2, 0.25) is 0 Å². The van der Waals surface area contributed by atoms with Crippen LogP contribution in [-0.4, -0.2) is 55.5 Å². The summed E-state index contributed by atoms with van der Waals surface area (Å²) < 4.78 is 33.3. The van der Waals surface area contributed by atoms with Crippen molar-refractivity contribution in [3.8, 4) is 5.75 Å². The highest BCUT2D eigenvalue weighted by Gasteiger charge is 2.31. The third kappa shape index (κ3) is 3.45. The van der Waals surface area contributed by atoms with E-state index in [1.165, 1.54) is 9.87 Å². The van der Waals surface area contributed by atoms with Crippen LogP contribution in [-0.2, 0) is 10.0 Å². The van der Waals surface area contributed by atoms with E-state index < -0.39 is 10.0 Å². The average Bonchev–Trinajstić information content (AvgIpc) is 3.12. The Labute approximate surface area is 165 Å². The molecule has 3 aromatic rings. The first kappa shape index (κ1) is 18.8. The lowest BCUT2D eigenvalue weighted by molar-refractivity contribution is 0.327. The highest BCUT2D eigenvalue weighted by molar-refractivity contribution is 7.89. The molecule has 148 valence electrons. The van der Waals surface area contributed by atoms with Crippen molar-refractivity contribution in [2.24, 2.45) is 0 Å². The molecule has 0 atom stereocenters. The molecule has 4 rings (SSSR count). The Morgan fingerprint density at radius 2 is 1.86 bits per heavy atom. The van der Waals surface area contributed by atoms with Crippen molar-refractivity contribution in [2.45, 2.75) is 18.7 Å². The monoisotopic (exact) mass is 400 g/mol. The zero-order valence-electron chi connectivity index (χ0n) is 16.1. The molecular weight excluding hydrogens is 376 g/mol. The van der Waals surface area contributed by atoms with Crippen LogP contribution in [0.25, 0.3) is 11.0 Å². The largest absolute Gasteiger partial charge is 0.492 e. The molecule has 2 aromatic carbocycles. The molecule has 2 heterocycles. The van der Waals surface area contributed by atoms with Gasteiger partial charge in [-0.05, 0) is 43.7 Å². The van der Waals surface area contributed by atoms with E-state index in [2.05, 4.69) is 20.9 Å². The number of nitrogens with zero attached hydrogens (tertiary/aromatic N) is 3. The minimum atomic E-state index is -3.60. The average molecular weight is 401 g/mol. The number of piperazine rings is 1. The van der Waals surface area contributed by atoms with Gasteiger partial charge in [-0.3, -0.25) is 0 Å². The molecule has 1 aromatic heterocycles. The summed E-state index contributed by atoms with van der Waals surface area (Å²) in [5.41, 5.74) is 3.09. The van der Waals surface area contributed by atoms with Crippen LogP contribution >= 0.6 is 0 Å². The Kier molecular flexibility index (Phi) is 4.99. The minimum absolute atomic E-state index is 0.226. The van der Waals surface area contributed by atoms with E-state index in [0.717, 1.165) is 17.0 Å². The molecule has 0 amide bonds. The SMILES string of the molecule is CCOc1ccccc1S(=O)(=O)N1CCN(c2nc3ccc(C)cc3[nH]2)CC1. The van der Waals surface area contributed by atoms with Crippen molar-refractivity contribution in [3.63, 3.8) is 0 Å². The molecule has 28 heavy (non-hydrogen) atoms. The number of hydrogen-bond acceptors (Lipinski definition) is 5. The standard InChI is InChI=1S/C20H24N4O3S/c1-3-27-18-6-4-5-7-19(18)28(25,26)24-12-10-23(11-13-24)20-21-16-9-8-15(2)14-17(16)22-20/h4-9,14H,3,10-13H2,1-2H3,(H,21,22). The topological polar surface area (TPSA) is 78.5 Å². The number of aromatic nitrogens is 2. The van der Waals surface area contributed by atoms with Gasteiger partial charge in [-0.1, -0.05) is 18.2 Å². The molecule has 1 saturated heterocycles. The van der Waals surface area contributed by atoms with Crippen LogP contribution in [0.1, 0.15) is 12.5 Å². The van der Waals surface area contributed by atoms with Gasteiger partial charge in [-0.2, -0.15) is 4.31 Å². The Balaban J connectivity index is 1.51. The van der Waals surface area contributed by atoms with Crippen molar-refractivity contribution in [1.29, 1.82) is 0 Å². The van der Waals surface area contributed by atoms with Gasteiger partial charge in [-0.15, -0.1) is 0 Å². The van der Waals surface area contributed by atoms with Gasteiger partial charge in [0, 0.05) is 26.2 Å². The smallest absolute Gasteiger partial charge is 0.246 e. The summed E-state index contributed by atoms with van der Waals surface area (Å²) >= 11 is 0. The molecule has 1 N–H and O–H groups in total. The summed E-state index contributed by atoms with van der Waals surface area (Å²) in [5.74, 6) is 1.19. The number of anilines is 1. The number of aromatic amines is 1. The number of benzene rings is 2. The number of H-pyrrole nitrogens is 1. The number of rotatable bonds is 5. The van der Waals surface area contributed by atoms with E-state index >= 15 is 0 Å². The van der Waals surface area contributed by atoms with Gasteiger partial charge in [-0.25, -0.2) is 13.4 Å². The van der Waals surface area contributed by atoms with E-state index in [9.17, 15) is 8.42 Å². The maximum absolute atomic E-state index is 13.1. The van der Waals surface area contributed by atoms with Crippen molar-refractivity contribution >= 4 is 27.0 Å². The lowest BCUT2D eigenvalue weighted by Gasteiger charge is -2.34. The summed E-state index contributed by atoms with van der Waals surface area (Å²) in [6, 6.07) is 12.9. The van der Waals surface area contributed by atoms with Crippen LogP contribution in [0.5, 0.6) is 5.75 Å². The van der Waals surface area contributed by atoms with Gasteiger partial charge in [0.05, 0.1) is 17.6 Å². The Morgan fingerprint density at radius 3 is 2.61 bits per heavy atom. The predicted octanol–water partition coefficient (Wildman–Crippen LogP) is 2.78. The Morgan fingerprint density at radius 1 is 1.11 bits per heavy atom. The van der Waals surface area contributed by atoms with E-state index in [1.54, 1.807) is 24.3 Å². The van der Waals surface area contributed by atoms with E-state index in [4.69, 9.17) is 4.74 Å². The molecule has 1 fully saturated rings. The van der Waals surface area contributed by atoms with Crippen LogP contribution in [0.4, 0.5) is 5.95 Å². The molecule has 0 aliphatic carbocycles. The minimum Gasteiger partial charge on any atom is -0.492 e. The highest BCUT2D eigenvalue weighted by Crippen LogP contribution is 2.28. The van der Waals surface area contributed by atoms with Crippen molar-refractivity contribution in [1.82, 2.24) is 14.3 Å². The van der Waals surface area contributed by atoms with Gasteiger partial charge in [0.2, 0.25) is 16.0 Å². The van der Waals surface area contributed by atoms with Crippen LogP contribution in [0.15, 0.2) is 47.4 Å². The lowest BCUT2D eigenvalue weighted by atomic mass is 10.2. The van der Waals surface area contributed by atoms with Crippen molar-refractivity contribution < 1.29 is 13.2 Å². The second kappa shape index (κ2) is 7.44. The first-order chi connectivity index (χ1) is 13.5. The first-order valence-corrected chi connectivity index (χ1v) is 10.9. The second-order valence-corrected chi connectivity index (χ2v) is 8.76. The number of fused-ring (bicyclic) bond motifs is 1. The van der Waals surface area contributed by atoms with E-state index in [-0.39, 0.29) is 4.90 Å². The number of imidazole rings is 1. The molecule has 0 radical (unpaired) electrons. The Hall–Kier alpha value is -2.58. The number of sulfonamides is 1. The molecule has 0 unspecified atom stereocenters. The van der Waals surface area contributed by atoms with Crippen LogP contribution in [0.3, 0.4) is 0 Å². The molecule has 1 aliphatic heterocycles. The van der Waals surface area contributed by atoms with Gasteiger partial charge in [0.25, 0.3) is 0 Å². The molecule has 8 heteroatoms. The number of para-hydroxylation sites is 1. The van der Waals surface area contributed by atoms with Crippen molar-refractivity contribution in [3.05, 3.63) is 48.0 Å². The number of aryl methyl sites for hydroxylation is 1. The van der Waals surface area contributed by atoms with Gasteiger partial charge in [0.1, 0.15) is 10.6 Å². The Bertz CT molecular complexity index is 1090. The van der Waals surface area contributed by atoms with Gasteiger partial charge < -0.3 is 14.6 Å². The predicted molar refractivity (Wildman–Crippen MR) is 109 cm³/mol. The summed E-state index contributed by atoms with van der Waals surface area (Å²) in [4.78, 5) is 10.3. The maximum atomic E-state index is 13.1. The fourth-order valence-electron chi connectivity index (χ4n) is 3.48. The fourth-order valence-corrected chi connectivity index (χ4v) is 5.03. The third-order valence-corrected chi connectivity index (χ3v) is 6.87. The van der Waals surface area contributed by atoms with Crippen LogP contribution in [0, 0.1) is 6.92 Å². The number of nitrogens with one attached hydrogen (secondary N) is 1. The van der Waals surface area contributed by atoms with Gasteiger partial charge in [0.15, 0.2) is 0 Å². The van der Waals surface area contributed by atoms with Gasteiger partial charge >= 0.3 is 0 Å². The normalized spacial score (nSPS) is 15.9. The summed E-state index contributed by atoms with van der Waals surface area (Å²) in [6.07, 6.45) is 0. The van der Waals surface area contributed by atoms with Crippen molar-refractivity contribution in [2.75, 3.05) is 37.7 Å². The highest BCUT2D eigenvalue weighted by atomic mass is 32.2. The maximum Gasteiger partial charge on any atom is 0.246 e. The molecular formula is C20H24N4O3S. The quantitative estimate of drug-likeness (QED) is 0.713. The molecule has 0 saturated carbocycles. The summed E-state index contributed by atoms with van der Waals surface area (Å²) in [6.45, 7) is 6.27. The lowest BCUT2D eigenvalue weighted by Crippen LogP contribution is -2.49. The van der Waals surface area contributed by atoms with E-state index in [0.29, 0.717) is 38.5 Å². The zero-order chi connectivity index (χ0) is 19.7. The fraction of sp³-hybridized carbons (Fsp3) is 0.350. The first-order valence-electron chi connectivity index (χ1n) is 9.42. The second-order valence-electron chi connectivity index (χ2n) is 6.85. The van der Waals surface area contributed by atoms with E-state index in [1.807, 2.05) is 26.0 Å². The number of ether oxygens (including phenoxy) is 1. The summed E-state index contributed by atoms with van der Waals surface area (Å²) in [5, 5.41) is 0. The number of hydrogen-bond donors (Lipinski definition) is 1. The molecule has 7 nitrogen and oxygen atoms in total. The molecule has 0 spiro atoms.